The van der Waals surface area contributed by atoms with Crippen molar-refractivity contribution in [2.45, 2.75) is 59.5 Å². The van der Waals surface area contributed by atoms with Gasteiger partial charge in [0.05, 0.1) is 11.5 Å². The maximum absolute atomic E-state index is 11.7. The number of hydrogen-bond donors (Lipinski definition) is 1. The van der Waals surface area contributed by atoms with E-state index >= 15 is 0 Å². The van der Waals surface area contributed by atoms with Gasteiger partial charge in [-0.3, -0.25) is 4.79 Å². The molecule has 0 rings (SSSR count). The third-order valence-corrected chi connectivity index (χ3v) is 3.09. The summed E-state index contributed by atoms with van der Waals surface area (Å²) in [6.45, 7) is 8.84. The van der Waals surface area contributed by atoms with Crippen molar-refractivity contribution in [2.75, 3.05) is 19.8 Å². The molecule has 0 aromatic carbocycles. The molecule has 0 aromatic rings. The molecule has 0 spiro atoms. The third kappa shape index (κ3) is 7.67. The summed E-state index contributed by atoms with van der Waals surface area (Å²) in [7, 11) is 0. The fraction of sp³-hybridized carbons (Fsp3) is 0.929. The Balaban J connectivity index is 3.64. The molecule has 0 saturated carbocycles. The Labute approximate surface area is 111 Å². The summed E-state index contributed by atoms with van der Waals surface area (Å²) >= 11 is 0. The Kier molecular flexibility index (Phi) is 9.02. The molecule has 4 nitrogen and oxygen atoms in total. The van der Waals surface area contributed by atoms with Gasteiger partial charge in [-0.25, -0.2) is 0 Å². The molecule has 0 aliphatic rings. The molecule has 0 amide bonds. The lowest BCUT2D eigenvalue weighted by Crippen LogP contribution is -2.29. The second-order valence-electron chi connectivity index (χ2n) is 5.30. The van der Waals surface area contributed by atoms with E-state index in [4.69, 9.17) is 14.6 Å². The molecule has 0 heterocycles. The molecule has 108 valence electrons. The van der Waals surface area contributed by atoms with Crippen LogP contribution in [-0.2, 0) is 14.3 Å². The van der Waals surface area contributed by atoms with Gasteiger partial charge in [-0.2, -0.15) is 0 Å². The number of hydrogen-bond acceptors (Lipinski definition) is 4. The molecule has 4 heteroatoms. The summed E-state index contributed by atoms with van der Waals surface area (Å²) in [5.74, 6) is -0.166. The maximum Gasteiger partial charge on any atom is 0.311 e. The Morgan fingerprint density at radius 1 is 1.28 bits per heavy atom. The predicted octanol–water partition coefficient (Wildman–Crippen LogP) is 2.53. The zero-order valence-electron chi connectivity index (χ0n) is 12.2. The lowest BCUT2D eigenvalue weighted by atomic mass is 9.91. The molecule has 0 bridgehead atoms. The van der Waals surface area contributed by atoms with Crippen molar-refractivity contribution >= 4 is 5.97 Å². The average molecular weight is 260 g/mol. The highest BCUT2D eigenvalue weighted by Crippen LogP contribution is 2.21. The molecule has 0 radical (unpaired) electrons. The van der Waals surface area contributed by atoms with Crippen LogP contribution in [-0.4, -0.2) is 37.0 Å². The first-order chi connectivity index (χ1) is 8.44. The molecular weight excluding hydrogens is 232 g/mol. The van der Waals surface area contributed by atoms with Crippen LogP contribution in [0.3, 0.4) is 0 Å². The summed E-state index contributed by atoms with van der Waals surface area (Å²) < 4.78 is 10.8. The normalized spacial score (nSPS) is 13.4. The van der Waals surface area contributed by atoms with Crippen LogP contribution in [0.5, 0.6) is 0 Å². The summed E-state index contributed by atoms with van der Waals surface area (Å²) in [6.07, 6.45) is 3.40. The van der Waals surface area contributed by atoms with Crippen molar-refractivity contribution in [3.63, 3.8) is 0 Å². The molecule has 0 aliphatic heterocycles. The van der Waals surface area contributed by atoms with Crippen molar-refractivity contribution < 1.29 is 19.4 Å². The van der Waals surface area contributed by atoms with Gasteiger partial charge in [-0.05, 0) is 46.5 Å². The molecule has 1 unspecified atom stereocenters. The smallest absolute Gasteiger partial charge is 0.311 e. The van der Waals surface area contributed by atoms with E-state index < -0.39 is 5.41 Å². The largest absolute Gasteiger partial charge is 0.463 e. The van der Waals surface area contributed by atoms with Gasteiger partial charge in [0.25, 0.3) is 0 Å². The highest BCUT2D eigenvalue weighted by Gasteiger charge is 2.27. The molecule has 1 N–H and O–H groups in total. The minimum Gasteiger partial charge on any atom is -0.463 e. The molecule has 0 fully saturated rings. The van der Waals surface area contributed by atoms with Crippen molar-refractivity contribution in [1.29, 1.82) is 0 Å². The predicted molar refractivity (Wildman–Crippen MR) is 71.4 cm³/mol. The van der Waals surface area contributed by atoms with Gasteiger partial charge >= 0.3 is 5.97 Å². The Hall–Kier alpha value is -0.610. The van der Waals surface area contributed by atoms with E-state index in [1.54, 1.807) is 0 Å². The van der Waals surface area contributed by atoms with E-state index in [1.807, 2.05) is 27.7 Å². The van der Waals surface area contributed by atoms with Gasteiger partial charge in [-0.15, -0.1) is 0 Å². The number of rotatable bonds is 10. The second-order valence-corrected chi connectivity index (χ2v) is 5.30. The van der Waals surface area contributed by atoms with Crippen LogP contribution in [0.4, 0.5) is 0 Å². The van der Waals surface area contributed by atoms with Crippen molar-refractivity contribution in [2.24, 2.45) is 5.41 Å². The number of carbonyl (C=O) groups excluding carboxylic acids is 1. The van der Waals surface area contributed by atoms with Crippen LogP contribution in [0.1, 0.15) is 53.4 Å². The lowest BCUT2D eigenvalue weighted by Gasteiger charge is -2.22. The molecule has 0 aliphatic carbocycles. The van der Waals surface area contributed by atoms with Gasteiger partial charge < -0.3 is 14.6 Å². The zero-order chi connectivity index (χ0) is 14.0. The van der Waals surface area contributed by atoms with Crippen LogP contribution < -0.4 is 0 Å². The van der Waals surface area contributed by atoms with Gasteiger partial charge in [-0.1, -0.05) is 6.92 Å². The number of ether oxygens (including phenoxy) is 2. The standard InChI is InChI=1S/C14H28O4/c1-5-14(3,4)13(16)18-11-12(2)17-10-8-6-7-9-15/h12,15H,5-11H2,1-4H3. The maximum atomic E-state index is 11.7. The number of carbonyl (C=O) groups is 1. The number of aliphatic hydroxyl groups is 1. The first-order valence-electron chi connectivity index (χ1n) is 6.83. The summed E-state index contributed by atoms with van der Waals surface area (Å²) in [6, 6.07) is 0. The highest BCUT2D eigenvalue weighted by atomic mass is 16.6. The van der Waals surface area contributed by atoms with Crippen LogP contribution in [0.2, 0.25) is 0 Å². The number of aliphatic hydroxyl groups excluding tert-OH is 1. The van der Waals surface area contributed by atoms with Gasteiger partial charge in [0.15, 0.2) is 0 Å². The highest BCUT2D eigenvalue weighted by molar-refractivity contribution is 5.75. The first kappa shape index (κ1) is 17.4. The zero-order valence-corrected chi connectivity index (χ0v) is 12.2. The monoisotopic (exact) mass is 260 g/mol. The SMILES string of the molecule is CCC(C)(C)C(=O)OCC(C)OCCCCCO. The van der Waals surface area contributed by atoms with Gasteiger partial charge in [0.2, 0.25) is 0 Å². The Bertz CT molecular complexity index is 226. The minimum atomic E-state index is -0.416. The van der Waals surface area contributed by atoms with Gasteiger partial charge in [0, 0.05) is 13.2 Å². The first-order valence-corrected chi connectivity index (χ1v) is 6.83. The average Bonchev–Trinajstić information content (AvgIpc) is 2.35. The Morgan fingerprint density at radius 3 is 2.50 bits per heavy atom. The molecule has 18 heavy (non-hydrogen) atoms. The summed E-state index contributed by atoms with van der Waals surface area (Å²) in [5, 5.41) is 8.62. The molecular formula is C14H28O4. The van der Waals surface area contributed by atoms with Crippen molar-refractivity contribution in [3.8, 4) is 0 Å². The van der Waals surface area contributed by atoms with Crippen molar-refractivity contribution in [3.05, 3.63) is 0 Å². The Morgan fingerprint density at radius 2 is 1.94 bits per heavy atom. The minimum absolute atomic E-state index is 0.0734. The summed E-state index contributed by atoms with van der Waals surface area (Å²) in [4.78, 5) is 11.7. The van der Waals surface area contributed by atoms with Crippen LogP contribution in [0.25, 0.3) is 0 Å². The van der Waals surface area contributed by atoms with E-state index in [0.717, 1.165) is 25.7 Å². The lowest BCUT2D eigenvalue weighted by molar-refractivity contribution is -0.158. The second kappa shape index (κ2) is 9.34. The van der Waals surface area contributed by atoms with Crippen LogP contribution >= 0.6 is 0 Å². The van der Waals surface area contributed by atoms with E-state index in [9.17, 15) is 4.79 Å². The molecule has 0 saturated heterocycles. The van der Waals surface area contributed by atoms with E-state index in [-0.39, 0.29) is 18.7 Å². The van der Waals surface area contributed by atoms with E-state index in [1.165, 1.54) is 0 Å². The van der Waals surface area contributed by atoms with E-state index in [2.05, 4.69) is 0 Å². The summed E-state index contributed by atoms with van der Waals surface area (Å²) in [5.41, 5.74) is -0.416. The molecule has 0 aromatic heterocycles. The topological polar surface area (TPSA) is 55.8 Å². The van der Waals surface area contributed by atoms with E-state index in [0.29, 0.717) is 13.2 Å². The third-order valence-electron chi connectivity index (χ3n) is 3.09. The number of unbranched alkanes of at least 4 members (excludes halogenated alkanes) is 2. The van der Waals surface area contributed by atoms with Crippen LogP contribution in [0.15, 0.2) is 0 Å². The van der Waals surface area contributed by atoms with Gasteiger partial charge in [0.1, 0.15) is 6.61 Å². The van der Waals surface area contributed by atoms with Crippen molar-refractivity contribution in [1.82, 2.24) is 0 Å². The fourth-order valence-corrected chi connectivity index (χ4v) is 1.26. The fourth-order valence-electron chi connectivity index (χ4n) is 1.26. The number of esters is 1. The van der Waals surface area contributed by atoms with Crippen LogP contribution in [0, 0.1) is 5.41 Å². The molecule has 1 atom stereocenters. The quantitative estimate of drug-likeness (QED) is 0.484.